The van der Waals surface area contributed by atoms with Crippen LogP contribution in [0.1, 0.15) is 66.2 Å². The quantitative estimate of drug-likeness (QED) is 0.498. The number of nitrogens with zero attached hydrogens (tertiary/aromatic N) is 1. The Balaban J connectivity index is 2.63. The number of oxime groups is 1. The number of unbranched alkanes of at least 4 members (excludes halogenated alkanes) is 3. The Hall–Kier alpha value is -1.06. The van der Waals surface area contributed by atoms with E-state index in [0.717, 1.165) is 18.6 Å². The van der Waals surface area contributed by atoms with E-state index in [1.54, 1.807) is 0 Å². The highest BCUT2D eigenvalue weighted by atomic mass is 16.7. The molecule has 0 saturated carbocycles. The van der Waals surface area contributed by atoms with Crippen LogP contribution < -0.4 is 0 Å². The van der Waals surface area contributed by atoms with Gasteiger partial charge in [0.1, 0.15) is 0 Å². The van der Waals surface area contributed by atoms with E-state index in [1.807, 2.05) is 6.92 Å². The van der Waals surface area contributed by atoms with E-state index < -0.39 is 5.60 Å². The summed E-state index contributed by atoms with van der Waals surface area (Å²) in [7, 11) is 0. The smallest absolute Gasteiger partial charge is 0.353 e. The van der Waals surface area contributed by atoms with Crippen molar-refractivity contribution in [3.63, 3.8) is 0 Å². The fraction of sp³-hybridized carbons (Fsp3) is 0.867. The van der Waals surface area contributed by atoms with Crippen LogP contribution >= 0.6 is 0 Å². The minimum Gasteiger partial charge on any atom is -0.463 e. The molecule has 1 rings (SSSR count). The molecule has 0 radical (unpaired) electrons. The Labute approximate surface area is 116 Å². The largest absolute Gasteiger partial charge is 0.463 e. The van der Waals surface area contributed by atoms with Gasteiger partial charge >= 0.3 is 5.97 Å². The van der Waals surface area contributed by atoms with Crippen molar-refractivity contribution in [1.29, 1.82) is 0 Å². The summed E-state index contributed by atoms with van der Waals surface area (Å²) >= 11 is 0. The number of carbonyl (C=O) groups excluding carboxylic acids is 1. The molecule has 1 atom stereocenters. The maximum Gasteiger partial charge on any atom is 0.353 e. The number of carbonyl (C=O) groups is 1. The molecule has 4 heteroatoms. The maximum atomic E-state index is 12.2. The highest BCUT2D eigenvalue weighted by Crippen LogP contribution is 2.33. The van der Waals surface area contributed by atoms with Crippen molar-refractivity contribution in [2.45, 2.75) is 71.8 Å². The van der Waals surface area contributed by atoms with Crippen molar-refractivity contribution >= 4 is 11.7 Å². The SMILES string of the molecule is CCCCCCC1(C(=O)OCC)CC(C(C)C)=NO1. The predicted octanol–water partition coefficient (Wildman–Crippen LogP) is 3.69. The van der Waals surface area contributed by atoms with Gasteiger partial charge in [-0.3, -0.25) is 0 Å². The zero-order valence-corrected chi connectivity index (χ0v) is 12.7. The zero-order chi connectivity index (χ0) is 14.3. The number of esters is 1. The predicted molar refractivity (Wildman–Crippen MR) is 76.1 cm³/mol. The van der Waals surface area contributed by atoms with Crippen molar-refractivity contribution in [2.75, 3.05) is 6.61 Å². The Morgan fingerprint density at radius 2 is 2.11 bits per heavy atom. The minimum absolute atomic E-state index is 0.258. The van der Waals surface area contributed by atoms with E-state index in [1.165, 1.54) is 12.8 Å². The van der Waals surface area contributed by atoms with Crippen LogP contribution in [0.5, 0.6) is 0 Å². The van der Waals surface area contributed by atoms with Crippen LogP contribution in [0.3, 0.4) is 0 Å². The lowest BCUT2D eigenvalue weighted by atomic mass is 9.88. The molecule has 0 amide bonds. The molecule has 19 heavy (non-hydrogen) atoms. The first-order chi connectivity index (χ1) is 9.05. The monoisotopic (exact) mass is 269 g/mol. The Kier molecular flexibility index (Phi) is 6.32. The van der Waals surface area contributed by atoms with E-state index in [9.17, 15) is 4.79 Å². The zero-order valence-electron chi connectivity index (χ0n) is 12.7. The molecule has 1 unspecified atom stereocenters. The van der Waals surface area contributed by atoms with Gasteiger partial charge in [-0.1, -0.05) is 45.2 Å². The molecule has 0 saturated heterocycles. The lowest BCUT2D eigenvalue weighted by Crippen LogP contribution is -2.41. The number of rotatable bonds is 8. The molecule has 0 aromatic heterocycles. The molecule has 0 aliphatic carbocycles. The summed E-state index contributed by atoms with van der Waals surface area (Å²) in [5.41, 5.74) is 0.104. The normalized spacial score (nSPS) is 22.3. The lowest BCUT2D eigenvalue weighted by molar-refractivity contribution is -0.170. The second-order valence-electron chi connectivity index (χ2n) is 5.53. The molecule has 0 bridgehead atoms. The fourth-order valence-electron chi connectivity index (χ4n) is 2.26. The standard InChI is InChI=1S/C15H27NO3/c1-5-7-8-9-10-15(14(17)18-6-2)11-13(12(3)4)16-19-15/h12H,5-11H2,1-4H3. The molecular formula is C15H27NO3. The van der Waals surface area contributed by atoms with E-state index in [4.69, 9.17) is 9.57 Å². The van der Waals surface area contributed by atoms with Gasteiger partial charge in [-0.2, -0.15) is 0 Å². The van der Waals surface area contributed by atoms with E-state index >= 15 is 0 Å². The van der Waals surface area contributed by atoms with Crippen LogP contribution in [-0.4, -0.2) is 23.9 Å². The first-order valence-electron chi connectivity index (χ1n) is 7.48. The summed E-state index contributed by atoms with van der Waals surface area (Å²) in [6.45, 7) is 8.52. The molecule has 0 spiro atoms. The van der Waals surface area contributed by atoms with Gasteiger partial charge < -0.3 is 9.57 Å². The lowest BCUT2D eigenvalue weighted by Gasteiger charge is -2.24. The maximum absolute atomic E-state index is 12.2. The number of hydrogen-bond donors (Lipinski definition) is 0. The molecule has 0 fully saturated rings. The van der Waals surface area contributed by atoms with Crippen LogP contribution in [0.25, 0.3) is 0 Å². The van der Waals surface area contributed by atoms with Crippen molar-refractivity contribution in [3.05, 3.63) is 0 Å². The molecule has 1 heterocycles. The summed E-state index contributed by atoms with van der Waals surface area (Å²) in [5, 5.41) is 4.11. The highest BCUT2D eigenvalue weighted by Gasteiger charge is 2.47. The summed E-state index contributed by atoms with van der Waals surface area (Å²) in [6, 6.07) is 0. The average Bonchev–Trinajstić information content (AvgIpc) is 2.81. The third-order valence-electron chi connectivity index (χ3n) is 3.55. The van der Waals surface area contributed by atoms with E-state index in [0.29, 0.717) is 25.4 Å². The Bertz CT molecular complexity index is 325. The number of hydrogen-bond acceptors (Lipinski definition) is 4. The van der Waals surface area contributed by atoms with Crippen LogP contribution in [-0.2, 0) is 14.4 Å². The number of ether oxygens (including phenoxy) is 1. The summed E-state index contributed by atoms with van der Waals surface area (Å²) in [4.78, 5) is 17.7. The van der Waals surface area contributed by atoms with Crippen molar-refractivity contribution in [3.8, 4) is 0 Å². The van der Waals surface area contributed by atoms with Crippen molar-refractivity contribution in [2.24, 2.45) is 11.1 Å². The summed E-state index contributed by atoms with van der Waals surface area (Å²) < 4.78 is 5.18. The molecule has 0 N–H and O–H groups in total. The molecule has 0 aromatic rings. The van der Waals surface area contributed by atoms with Crippen LogP contribution in [0.2, 0.25) is 0 Å². The van der Waals surface area contributed by atoms with Gasteiger partial charge in [0.2, 0.25) is 5.60 Å². The third-order valence-corrected chi connectivity index (χ3v) is 3.55. The van der Waals surface area contributed by atoms with Crippen molar-refractivity contribution in [1.82, 2.24) is 0 Å². The molecule has 1 aliphatic rings. The molecule has 1 aliphatic heterocycles. The van der Waals surface area contributed by atoms with Crippen LogP contribution in [0.15, 0.2) is 5.16 Å². The molecule has 110 valence electrons. The summed E-state index contributed by atoms with van der Waals surface area (Å²) in [6.07, 6.45) is 5.75. The average molecular weight is 269 g/mol. The Morgan fingerprint density at radius 3 is 2.63 bits per heavy atom. The first-order valence-corrected chi connectivity index (χ1v) is 7.48. The highest BCUT2D eigenvalue weighted by molar-refractivity contribution is 5.94. The van der Waals surface area contributed by atoms with Crippen LogP contribution in [0, 0.1) is 5.92 Å². The minimum atomic E-state index is -0.858. The van der Waals surface area contributed by atoms with Gasteiger partial charge in [0.15, 0.2) is 0 Å². The summed E-state index contributed by atoms with van der Waals surface area (Å²) in [5.74, 6) is 0.0536. The van der Waals surface area contributed by atoms with Gasteiger partial charge in [0.05, 0.1) is 12.3 Å². The van der Waals surface area contributed by atoms with Gasteiger partial charge in [-0.05, 0) is 19.3 Å². The second-order valence-corrected chi connectivity index (χ2v) is 5.53. The molecular weight excluding hydrogens is 242 g/mol. The topological polar surface area (TPSA) is 47.9 Å². The van der Waals surface area contributed by atoms with Gasteiger partial charge in [-0.15, -0.1) is 0 Å². The van der Waals surface area contributed by atoms with E-state index in [-0.39, 0.29) is 5.97 Å². The van der Waals surface area contributed by atoms with E-state index in [2.05, 4.69) is 25.9 Å². The van der Waals surface area contributed by atoms with Gasteiger partial charge in [0, 0.05) is 12.8 Å². The molecule has 4 nitrogen and oxygen atoms in total. The van der Waals surface area contributed by atoms with Gasteiger partial charge in [0.25, 0.3) is 0 Å². The molecule has 0 aromatic carbocycles. The van der Waals surface area contributed by atoms with Crippen LogP contribution in [0.4, 0.5) is 0 Å². The fourth-order valence-corrected chi connectivity index (χ4v) is 2.26. The van der Waals surface area contributed by atoms with Gasteiger partial charge in [-0.25, -0.2) is 4.79 Å². The Morgan fingerprint density at radius 1 is 1.37 bits per heavy atom. The van der Waals surface area contributed by atoms with Crippen molar-refractivity contribution < 1.29 is 14.4 Å². The second kappa shape index (κ2) is 7.51. The third kappa shape index (κ3) is 4.22. The first kappa shape index (κ1) is 16.0.